The quantitative estimate of drug-likeness (QED) is 0.127. The second kappa shape index (κ2) is 14.5. The van der Waals surface area contributed by atoms with Crippen LogP contribution in [0.25, 0.3) is 22.2 Å². The molecule has 1 saturated heterocycles. The van der Waals surface area contributed by atoms with Gasteiger partial charge >= 0.3 is 6.03 Å². The number of carbonyl (C=O) groups is 1. The van der Waals surface area contributed by atoms with Gasteiger partial charge in [-0.15, -0.1) is 0 Å². The largest absolute Gasteiger partial charge is 0.464 e. The molecule has 2 heterocycles. The second-order valence-electron chi connectivity index (χ2n) is 13.1. The van der Waals surface area contributed by atoms with E-state index in [2.05, 4.69) is 55.3 Å². The summed E-state index contributed by atoms with van der Waals surface area (Å²) in [6.07, 6.45) is 1.44. The molecule has 4 aromatic rings. The van der Waals surface area contributed by atoms with Crippen LogP contribution < -0.4 is 10.1 Å². The minimum atomic E-state index is -1.26. The molecular formula is C35H41Cl2N5O3Si. The van der Waals surface area contributed by atoms with Crippen molar-refractivity contribution >= 4 is 48.3 Å². The summed E-state index contributed by atoms with van der Waals surface area (Å²) in [4.78, 5) is 19.4. The van der Waals surface area contributed by atoms with Gasteiger partial charge in [-0.05, 0) is 66.8 Å². The molecule has 1 aliphatic heterocycles. The summed E-state index contributed by atoms with van der Waals surface area (Å²) in [7, 11) is -1.26. The van der Waals surface area contributed by atoms with Crippen LogP contribution >= 0.6 is 23.2 Å². The Hall–Kier alpha value is -3.55. The lowest BCUT2D eigenvalue weighted by Crippen LogP contribution is -2.50. The zero-order chi connectivity index (χ0) is 32.9. The van der Waals surface area contributed by atoms with E-state index >= 15 is 0 Å². The molecule has 1 N–H and O–H groups in total. The standard InChI is InChI=1S/C35H41Cl2N5O3Si/c1-5-39-33(43)41-15-13-35(14-16-41,28-11-9-26(10-12-28)27-8-6-7-25(19-27)22-38)23-45-34-40-31-20-29(36)30(37)21-32(31)42(34)24-44-17-18-46(2,3)4/h6-12,19-21H,5,13-18,23-24H2,1-4H3,(H,39,43). The molecular weight excluding hydrogens is 637 g/mol. The van der Waals surface area contributed by atoms with Crippen molar-refractivity contribution in [2.75, 3.05) is 32.8 Å². The highest BCUT2D eigenvalue weighted by Crippen LogP contribution is 2.38. The second-order valence-corrected chi connectivity index (χ2v) is 19.5. The number of urea groups is 1. The molecule has 0 spiro atoms. The summed E-state index contributed by atoms with van der Waals surface area (Å²) < 4.78 is 14.7. The number of nitrogens with one attached hydrogen (secondary N) is 1. The highest BCUT2D eigenvalue weighted by atomic mass is 35.5. The van der Waals surface area contributed by atoms with Gasteiger partial charge in [0.1, 0.15) is 13.3 Å². The maximum Gasteiger partial charge on any atom is 0.317 e. The van der Waals surface area contributed by atoms with Crippen molar-refractivity contribution in [3.63, 3.8) is 0 Å². The van der Waals surface area contributed by atoms with Crippen LogP contribution in [0.5, 0.6) is 6.01 Å². The monoisotopic (exact) mass is 677 g/mol. The van der Waals surface area contributed by atoms with Crippen molar-refractivity contribution in [2.24, 2.45) is 0 Å². The number of amides is 2. The van der Waals surface area contributed by atoms with Crippen molar-refractivity contribution in [3.05, 3.63) is 81.8 Å². The van der Waals surface area contributed by atoms with E-state index in [1.165, 1.54) is 0 Å². The van der Waals surface area contributed by atoms with Crippen LogP contribution in [0.2, 0.25) is 35.7 Å². The zero-order valence-corrected chi connectivity index (χ0v) is 29.4. The predicted molar refractivity (Wildman–Crippen MR) is 188 cm³/mol. The number of nitriles is 1. The third kappa shape index (κ3) is 7.87. The van der Waals surface area contributed by atoms with Crippen molar-refractivity contribution in [1.29, 1.82) is 5.26 Å². The first-order chi connectivity index (χ1) is 22.0. The van der Waals surface area contributed by atoms with Crippen LogP contribution in [0.3, 0.4) is 0 Å². The molecule has 2 amide bonds. The lowest BCUT2D eigenvalue weighted by atomic mass is 9.73. The Balaban J connectivity index is 1.44. The molecule has 8 nitrogen and oxygen atoms in total. The van der Waals surface area contributed by atoms with Crippen molar-refractivity contribution in [3.8, 4) is 23.2 Å². The number of benzene rings is 3. The average Bonchev–Trinajstić information content (AvgIpc) is 3.37. The van der Waals surface area contributed by atoms with Gasteiger partial charge in [0.15, 0.2) is 0 Å². The number of hydrogen-bond donors (Lipinski definition) is 1. The van der Waals surface area contributed by atoms with E-state index in [0.29, 0.717) is 60.0 Å². The van der Waals surface area contributed by atoms with Crippen LogP contribution in [0, 0.1) is 11.3 Å². The third-order valence-electron chi connectivity index (χ3n) is 8.61. The number of rotatable bonds is 11. The van der Waals surface area contributed by atoms with Gasteiger partial charge in [-0.1, -0.05) is 79.2 Å². The molecule has 1 fully saturated rings. The van der Waals surface area contributed by atoms with Gasteiger partial charge in [-0.2, -0.15) is 10.2 Å². The topological polar surface area (TPSA) is 92.4 Å². The number of carbonyl (C=O) groups excluding carboxylic acids is 1. The lowest BCUT2D eigenvalue weighted by Gasteiger charge is -2.41. The van der Waals surface area contributed by atoms with E-state index in [1.807, 2.05) is 40.7 Å². The van der Waals surface area contributed by atoms with Gasteiger partial charge < -0.3 is 19.7 Å². The van der Waals surface area contributed by atoms with E-state index in [4.69, 9.17) is 37.7 Å². The molecule has 1 aromatic heterocycles. The van der Waals surface area contributed by atoms with Gasteiger partial charge in [-0.3, -0.25) is 4.57 Å². The van der Waals surface area contributed by atoms with E-state index in [0.717, 1.165) is 41.1 Å². The van der Waals surface area contributed by atoms with Gasteiger partial charge in [0, 0.05) is 39.7 Å². The molecule has 0 bridgehead atoms. The molecule has 3 aromatic carbocycles. The lowest BCUT2D eigenvalue weighted by molar-refractivity contribution is 0.0730. The Morgan fingerprint density at radius 1 is 1.04 bits per heavy atom. The summed E-state index contributed by atoms with van der Waals surface area (Å²) in [6.45, 7) is 12.0. The van der Waals surface area contributed by atoms with Crippen molar-refractivity contribution in [2.45, 2.75) is 57.6 Å². The maximum atomic E-state index is 12.7. The molecule has 46 heavy (non-hydrogen) atoms. The fraction of sp³-hybridized carbons (Fsp3) is 0.400. The first kappa shape index (κ1) is 33.8. The summed E-state index contributed by atoms with van der Waals surface area (Å²) in [5.41, 5.74) is 4.88. The van der Waals surface area contributed by atoms with Gasteiger partial charge in [0.25, 0.3) is 6.01 Å². The summed E-state index contributed by atoms with van der Waals surface area (Å²) >= 11 is 12.8. The molecule has 0 radical (unpaired) electrons. The Kier molecular flexibility index (Phi) is 10.6. The van der Waals surface area contributed by atoms with Gasteiger partial charge in [0.2, 0.25) is 0 Å². The Morgan fingerprint density at radius 2 is 1.76 bits per heavy atom. The van der Waals surface area contributed by atoms with Crippen LogP contribution in [-0.2, 0) is 16.9 Å². The number of likely N-dealkylation sites (tertiary alicyclic amines) is 1. The predicted octanol–water partition coefficient (Wildman–Crippen LogP) is 8.34. The average molecular weight is 679 g/mol. The normalized spacial score (nSPS) is 14.7. The van der Waals surface area contributed by atoms with Crippen molar-refractivity contribution in [1.82, 2.24) is 19.8 Å². The fourth-order valence-electron chi connectivity index (χ4n) is 5.77. The Morgan fingerprint density at radius 3 is 2.43 bits per heavy atom. The summed E-state index contributed by atoms with van der Waals surface area (Å²) in [5.74, 6) is 0. The first-order valence-electron chi connectivity index (χ1n) is 15.7. The molecule has 0 saturated carbocycles. The zero-order valence-electron chi connectivity index (χ0n) is 26.9. The molecule has 1 aliphatic rings. The van der Waals surface area contributed by atoms with Crippen LogP contribution in [0.15, 0.2) is 60.7 Å². The Bertz CT molecular complexity index is 1720. The van der Waals surface area contributed by atoms with Crippen molar-refractivity contribution < 1.29 is 14.3 Å². The number of hydrogen-bond acceptors (Lipinski definition) is 5. The van der Waals surface area contributed by atoms with Gasteiger partial charge in [-0.25, -0.2) is 4.79 Å². The van der Waals surface area contributed by atoms with Crippen LogP contribution in [-0.4, -0.2) is 61.4 Å². The maximum absolute atomic E-state index is 12.7. The number of ether oxygens (including phenoxy) is 2. The molecule has 0 unspecified atom stereocenters. The summed E-state index contributed by atoms with van der Waals surface area (Å²) in [6, 6.07) is 23.3. The number of aromatic nitrogens is 2. The Labute approximate surface area is 282 Å². The van der Waals surface area contributed by atoms with Crippen LogP contribution in [0.4, 0.5) is 4.79 Å². The number of fused-ring (bicyclic) bond motifs is 1. The van der Waals surface area contributed by atoms with E-state index < -0.39 is 8.07 Å². The molecule has 0 aliphatic carbocycles. The highest BCUT2D eigenvalue weighted by molar-refractivity contribution is 6.76. The first-order valence-corrected chi connectivity index (χ1v) is 20.2. The highest BCUT2D eigenvalue weighted by Gasteiger charge is 2.39. The van der Waals surface area contributed by atoms with E-state index in [1.54, 1.807) is 12.1 Å². The molecule has 0 atom stereocenters. The number of imidazole rings is 1. The van der Waals surface area contributed by atoms with E-state index in [-0.39, 0.29) is 18.2 Å². The fourth-order valence-corrected chi connectivity index (χ4v) is 6.84. The van der Waals surface area contributed by atoms with Gasteiger partial charge in [0.05, 0.1) is 32.7 Å². The molecule has 11 heteroatoms. The molecule has 5 rings (SSSR count). The number of halogens is 2. The number of piperidine rings is 1. The van der Waals surface area contributed by atoms with Crippen LogP contribution in [0.1, 0.15) is 30.9 Å². The third-order valence-corrected chi connectivity index (χ3v) is 11.0. The molecule has 242 valence electrons. The smallest absolute Gasteiger partial charge is 0.317 e. The SMILES string of the molecule is CCNC(=O)N1CCC(COc2nc3cc(Cl)c(Cl)cc3n2COCC[Si](C)(C)C)(c2ccc(-c3cccc(C#N)c3)cc2)CC1. The minimum absolute atomic E-state index is 0.0456. The number of nitrogens with zero attached hydrogens (tertiary/aromatic N) is 4. The summed E-state index contributed by atoms with van der Waals surface area (Å²) in [5, 5.41) is 13.2. The van der Waals surface area contributed by atoms with E-state index in [9.17, 15) is 10.1 Å². The minimum Gasteiger partial charge on any atom is -0.464 e.